The minimum Gasteiger partial charge on any atom is -0.353 e. The van der Waals surface area contributed by atoms with Crippen LogP contribution in [0.25, 0.3) is 5.65 Å². The summed E-state index contributed by atoms with van der Waals surface area (Å²) in [6.45, 7) is 3.25. The topological polar surface area (TPSA) is 45.5 Å². The van der Waals surface area contributed by atoms with E-state index in [1.54, 1.807) is 10.7 Å². The summed E-state index contributed by atoms with van der Waals surface area (Å²) in [5.74, 6) is 1.36. The van der Waals surface area contributed by atoms with E-state index in [9.17, 15) is 0 Å². The van der Waals surface area contributed by atoms with Gasteiger partial charge in [0.15, 0.2) is 5.65 Å². The fourth-order valence-electron chi connectivity index (χ4n) is 2.36. The molecule has 1 saturated heterocycles. The van der Waals surface area contributed by atoms with Crippen molar-refractivity contribution in [3.8, 4) is 0 Å². The first kappa shape index (κ1) is 11.7. The average molecular weight is 266 g/mol. The van der Waals surface area contributed by atoms with Crippen molar-refractivity contribution in [3.63, 3.8) is 0 Å². The third-order valence-electron chi connectivity index (χ3n) is 3.33. The number of anilines is 1. The molecule has 3 rings (SSSR count). The summed E-state index contributed by atoms with van der Waals surface area (Å²) in [6.07, 6.45) is 3.00. The largest absolute Gasteiger partial charge is 0.353 e. The van der Waals surface area contributed by atoms with Gasteiger partial charge in [0.2, 0.25) is 5.95 Å². The van der Waals surface area contributed by atoms with Gasteiger partial charge in [-0.25, -0.2) is 4.52 Å². The van der Waals surface area contributed by atoms with E-state index in [1.807, 2.05) is 12.1 Å². The number of likely N-dealkylation sites (tertiary alicyclic amines) is 1. The van der Waals surface area contributed by atoms with Gasteiger partial charge in [0.05, 0.1) is 5.02 Å². The number of nitrogens with one attached hydrogen (secondary N) is 1. The Morgan fingerprint density at radius 1 is 1.50 bits per heavy atom. The number of hydrogen-bond acceptors (Lipinski definition) is 4. The summed E-state index contributed by atoms with van der Waals surface area (Å²) >= 11 is 5.91. The Bertz CT molecular complexity index is 552. The van der Waals surface area contributed by atoms with E-state index in [1.165, 1.54) is 13.0 Å². The van der Waals surface area contributed by atoms with E-state index in [2.05, 4.69) is 27.3 Å². The van der Waals surface area contributed by atoms with Crippen LogP contribution in [0.4, 0.5) is 5.95 Å². The molecule has 5 nitrogen and oxygen atoms in total. The van der Waals surface area contributed by atoms with Crippen LogP contribution < -0.4 is 5.32 Å². The van der Waals surface area contributed by atoms with Crippen molar-refractivity contribution in [2.45, 2.75) is 6.42 Å². The molecule has 0 saturated carbocycles. The first-order chi connectivity index (χ1) is 8.70. The highest BCUT2D eigenvalue weighted by Gasteiger charge is 2.19. The predicted molar refractivity (Wildman–Crippen MR) is 72.1 cm³/mol. The van der Waals surface area contributed by atoms with Gasteiger partial charge in [-0.1, -0.05) is 11.6 Å². The lowest BCUT2D eigenvalue weighted by Crippen LogP contribution is -2.19. The normalized spacial score (nSPS) is 20.7. The number of aromatic nitrogens is 3. The van der Waals surface area contributed by atoms with Crippen LogP contribution in [-0.4, -0.2) is 46.2 Å². The monoisotopic (exact) mass is 265 g/mol. The molecule has 1 unspecified atom stereocenters. The van der Waals surface area contributed by atoms with Crippen molar-refractivity contribution >= 4 is 23.2 Å². The second kappa shape index (κ2) is 4.74. The maximum atomic E-state index is 5.91. The number of rotatable bonds is 3. The molecule has 0 aromatic carbocycles. The zero-order valence-electron chi connectivity index (χ0n) is 10.3. The molecule has 2 aromatic heterocycles. The summed E-state index contributed by atoms with van der Waals surface area (Å²) in [5, 5.41) is 8.32. The average Bonchev–Trinajstić information content (AvgIpc) is 2.92. The maximum Gasteiger partial charge on any atom is 0.243 e. The second-order valence-corrected chi connectivity index (χ2v) is 5.32. The molecule has 96 valence electrons. The SMILES string of the molecule is CN1CCC(CNc2nc3ccc(Cl)cn3n2)C1. The van der Waals surface area contributed by atoms with Gasteiger partial charge in [0.1, 0.15) is 0 Å². The standard InChI is InChI=1S/C12H16ClN5/c1-17-5-4-9(7-17)6-14-12-15-11-3-2-10(13)8-18(11)16-12/h2-3,8-9H,4-7H2,1H3,(H,14,16). The Kier molecular flexibility index (Phi) is 3.09. The van der Waals surface area contributed by atoms with Crippen LogP contribution in [0.1, 0.15) is 6.42 Å². The van der Waals surface area contributed by atoms with Crippen LogP contribution in [0.3, 0.4) is 0 Å². The molecule has 6 heteroatoms. The molecule has 18 heavy (non-hydrogen) atoms. The zero-order chi connectivity index (χ0) is 12.5. The Hall–Kier alpha value is -1.33. The highest BCUT2D eigenvalue weighted by Crippen LogP contribution is 2.15. The summed E-state index contributed by atoms with van der Waals surface area (Å²) in [7, 11) is 2.16. The molecule has 0 aliphatic carbocycles. The Morgan fingerprint density at radius 2 is 2.39 bits per heavy atom. The summed E-state index contributed by atoms with van der Waals surface area (Å²) in [6, 6.07) is 3.69. The number of nitrogens with zero attached hydrogens (tertiary/aromatic N) is 4. The fourth-order valence-corrected chi connectivity index (χ4v) is 2.52. The van der Waals surface area contributed by atoms with Crippen LogP contribution in [0.5, 0.6) is 0 Å². The Morgan fingerprint density at radius 3 is 3.17 bits per heavy atom. The molecule has 1 atom stereocenters. The Balaban J connectivity index is 1.67. The van der Waals surface area contributed by atoms with Crippen LogP contribution in [-0.2, 0) is 0 Å². The molecule has 0 spiro atoms. The molecule has 0 bridgehead atoms. The first-order valence-electron chi connectivity index (χ1n) is 6.15. The number of halogens is 1. The van der Waals surface area contributed by atoms with E-state index in [4.69, 9.17) is 11.6 Å². The van der Waals surface area contributed by atoms with Gasteiger partial charge in [-0.3, -0.25) is 0 Å². The Labute approximate surface area is 111 Å². The third kappa shape index (κ3) is 2.42. The smallest absolute Gasteiger partial charge is 0.243 e. The van der Waals surface area contributed by atoms with Crippen LogP contribution in [0, 0.1) is 5.92 Å². The highest BCUT2D eigenvalue weighted by molar-refractivity contribution is 6.30. The van der Waals surface area contributed by atoms with Gasteiger partial charge in [0.25, 0.3) is 0 Å². The van der Waals surface area contributed by atoms with Crippen molar-refractivity contribution in [3.05, 3.63) is 23.4 Å². The van der Waals surface area contributed by atoms with Crippen molar-refractivity contribution in [1.82, 2.24) is 19.5 Å². The van der Waals surface area contributed by atoms with Crippen LogP contribution in [0.2, 0.25) is 5.02 Å². The second-order valence-electron chi connectivity index (χ2n) is 4.88. The van der Waals surface area contributed by atoms with E-state index in [-0.39, 0.29) is 0 Å². The maximum absolute atomic E-state index is 5.91. The van der Waals surface area contributed by atoms with Gasteiger partial charge in [-0.2, -0.15) is 4.98 Å². The van der Waals surface area contributed by atoms with Gasteiger partial charge < -0.3 is 10.2 Å². The van der Waals surface area contributed by atoms with Crippen molar-refractivity contribution in [1.29, 1.82) is 0 Å². The summed E-state index contributed by atoms with van der Waals surface area (Å²) in [5.41, 5.74) is 0.811. The summed E-state index contributed by atoms with van der Waals surface area (Å²) < 4.78 is 1.70. The quantitative estimate of drug-likeness (QED) is 0.918. The van der Waals surface area contributed by atoms with Crippen molar-refractivity contribution in [2.24, 2.45) is 5.92 Å². The van der Waals surface area contributed by atoms with E-state index >= 15 is 0 Å². The summed E-state index contributed by atoms with van der Waals surface area (Å²) in [4.78, 5) is 6.75. The molecule has 1 N–H and O–H groups in total. The highest BCUT2D eigenvalue weighted by atomic mass is 35.5. The number of fused-ring (bicyclic) bond motifs is 1. The molecular weight excluding hydrogens is 250 g/mol. The molecule has 1 fully saturated rings. The van der Waals surface area contributed by atoms with Gasteiger partial charge in [-0.05, 0) is 38.1 Å². The third-order valence-corrected chi connectivity index (χ3v) is 3.56. The van der Waals surface area contributed by atoms with Crippen LogP contribution >= 0.6 is 11.6 Å². The fraction of sp³-hybridized carbons (Fsp3) is 0.500. The van der Waals surface area contributed by atoms with Crippen molar-refractivity contribution in [2.75, 3.05) is 32.0 Å². The van der Waals surface area contributed by atoms with E-state index < -0.39 is 0 Å². The zero-order valence-corrected chi connectivity index (χ0v) is 11.1. The predicted octanol–water partition coefficient (Wildman–Crippen LogP) is 1.75. The minimum atomic E-state index is 0.663. The van der Waals surface area contributed by atoms with Crippen molar-refractivity contribution < 1.29 is 0 Å². The number of hydrogen-bond donors (Lipinski definition) is 1. The van der Waals surface area contributed by atoms with Gasteiger partial charge >= 0.3 is 0 Å². The molecular formula is C12H16ClN5. The lowest BCUT2D eigenvalue weighted by atomic mass is 10.1. The van der Waals surface area contributed by atoms with Gasteiger partial charge in [0, 0.05) is 19.3 Å². The van der Waals surface area contributed by atoms with E-state index in [0.717, 1.165) is 18.7 Å². The molecule has 0 radical (unpaired) electrons. The molecule has 0 amide bonds. The lowest BCUT2D eigenvalue weighted by molar-refractivity contribution is 0.399. The first-order valence-corrected chi connectivity index (χ1v) is 6.53. The minimum absolute atomic E-state index is 0.663. The molecule has 3 heterocycles. The molecule has 2 aromatic rings. The van der Waals surface area contributed by atoms with Crippen LogP contribution in [0.15, 0.2) is 18.3 Å². The van der Waals surface area contributed by atoms with E-state index in [0.29, 0.717) is 16.9 Å². The molecule has 1 aliphatic heterocycles. The number of pyridine rings is 1. The molecule has 1 aliphatic rings. The lowest BCUT2D eigenvalue weighted by Gasteiger charge is -2.09. The van der Waals surface area contributed by atoms with Gasteiger partial charge in [-0.15, -0.1) is 5.10 Å².